The average Bonchev–Trinajstić information content (AvgIpc) is 2.66. The van der Waals surface area contributed by atoms with E-state index >= 15 is 0 Å². The first kappa shape index (κ1) is 12.4. The molecule has 2 aromatic heterocycles. The molecule has 1 N–H and O–H groups in total. The molecule has 0 saturated carbocycles. The maximum Gasteiger partial charge on any atom is 0.183 e. The summed E-state index contributed by atoms with van der Waals surface area (Å²) in [4.78, 5) is 4.04. The van der Waals surface area contributed by atoms with Gasteiger partial charge < -0.3 is 10.1 Å². The molecule has 1 aliphatic rings. The zero-order valence-electron chi connectivity index (χ0n) is 10.2. The van der Waals surface area contributed by atoms with Crippen molar-refractivity contribution in [3.63, 3.8) is 0 Å². The second-order valence-electron chi connectivity index (χ2n) is 4.36. The van der Waals surface area contributed by atoms with Crippen LogP contribution in [-0.2, 0) is 7.05 Å². The first-order valence-electron chi connectivity index (χ1n) is 5.86. The molecule has 19 heavy (non-hydrogen) atoms. The predicted octanol–water partition coefficient (Wildman–Crippen LogP) is 1.63. The van der Waals surface area contributed by atoms with Gasteiger partial charge in [-0.15, -0.1) is 0 Å². The van der Waals surface area contributed by atoms with Crippen LogP contribution < -0.4 is 10.1 Å². The van der Waals surface area contributed by atoms with Gasteiger partial charge in [0.15, 0.2) is 11.6 Å². The largest absolute Gasteiger partial charge is 0.485 e. The van der Waals surface area contributed by atoms with Crippen LogP contribution in [0, 0.1) is 5.82 Å². The highest BCUT2D eigenvalue weighted by atomic mass is 35.5. The Hall–Kier alpha value is -1.66. The van der Waals surface area contributed by atoms with Crippen molar-refractivity contribution in [2.24, 2.45) is 7.05 Å². The molecule has 2 aromatic rings. The lowest BCUT2D eigenvalue weighted by Crippen LogP contribution is -2.50. The molecule has 100 valence electrons. The van der Waals surface area contributed by atoms with Gasteiger partial charge in [0.1, 0.15) is 11.8 Å². The van der Waals surface area contributed by atoms with E-state index in [2.05, 4.69) is 15.4 Å². The number of aryl methyl sites for hydroxylation is 1. The second-order valence-corrected chi connectivity index (χ2v) is 4.77. The molecule has 3 rings (SSSR count). The van der Waals surface area contributed by atoms with Crippen LogP contribution in [0.5, 0.6) is 5.75 Å². The van der Waals surface area contributed by atoms with Gasteiger partial charge in [0.25, 0.3) is 0 Å². The van der Waals surface area contributed by atoms with Gasteiger partial charge in [-0.05, 0) is 0 Å². The summed E-state index contributed by atoms with van der Waals surface area (Å²) in [5.74, 6) is -0.289. The van der Waals surface area contributed by atoms with Gasteiger partial charge in [0.2, 0.25) is 0 Å². The Kier molecular flexibility index (Phi) is 3.12. The number of nitrogens with one attached hydrogen (secondary N) is 1. The lowest BCUT2D eigenvalue weighted by atomic mass is 10.2. The number of nitrogens with zero attached hydrogens (tertiary/aromatic N) is 3. The van der Waals surface area contributed by atoms with Crippen molar-refractivity contribution in [1.29, 1.82) is 0 Å². The molecule has 1 aliphatic heterocycles. The molecule has 0 bridgehead atoms. The quantitative estimate of drug-likeness (QED) is 0.930. The van der Waals surface area contributed by atoms with Crippen LogP contribution in [0.2, 0.25) is 5.02 Å². The molecule has 0 aromatic carbocycles. The third-order valence-corrected chi connectivity index (χ3v) is 3.27. The summed E-state index contributed by atoms with van der Waals surface area (Å²) < 4.78 is 20.8. The van der Waals surface area contributed by atoms with E-state index in [1.54, 1.807) is 17.8 Å². The van der Waals surface area contributed by atoms with Gasteiger partial charge in [-0.1, -0.05) is 11.6 Å². The highest BCUT2D eigenvalue weighted by Crippen LogP contribution is 2.29. The van der Waals surface area contributed by atoms with Gasteiger partial charge in [0, 0.05) is 26.2 Å². The van der Waals surface area contributed by atoms with Crippen molar-refractivity contribution in [2.75, 3.05) is 13.1 Å². The van der Waals surface area contributed by atoms with E-state index in [-0.39, 0.29) is 11.9 Å². The maximum absolute atomic E-state index is 13.7. The van der Waals surface area contributed by atoms with E-state index in [0.717, 1.165) is 19.3 Å². The standard InChI is InChI=1S/C12H12ClFN4O/c1-18-12(8(13)5-17-18)10-2-11(9(14)6-16-10)19-7-3-15-4-7/h2,5-7,15H,3-4H2,1H3. The van der Waals surface area contributed by atoms with Crippen LogP contribution >= 0.6 is 11.6 Å². The normalized spacial score (nSPS) is 15.3. The number of halogens is 2. The zero-order valence-corrected chi connectivity index (χ0v) is 11.0. The summed E-state index contributed by atoms with van der Waals surface area (Å²) in [6.45, 7) is 1.45. The van der Waals surface area contributed by atoms with Gasteiger partial charge in [-0.25, -0.2) is 4.39 Å². The summed E-state index contributed by atoms with van der Waals surface area (Å²) in [7, 11) is 1.75. The highest BCUT2D eigenvalue weighted by molar-refractivity contribution is 6.32. The van der Waals surface area contributed by atoms with Crippen LogP contribution in [0.4, 0.5) is 4.39 Å². The van der Waals surface area contributed by atoms with Crippen molar-refractivity contribution >= 4 is 11.6 Å². The predicted molar refractivity (Wildman–Crippen MR) is 68.7 cm³/mol. The lowest BCUT2D eigenvalue weighted by Gasteiger charge is -2.28. The van der Waals surface area contributed by atoms with Crippen LogP contribution in [0.25, 0.3) is 11.4 Å². The maximum atomic E-state index is 13.7. The molecule has 5 nitrogen and oxygen atoms in total. The van der Waals surface area contributed by atoms with Crippen molar-refractivity contribution in [2.45, 2.75) is 6.10 Å². The molecule has 0 unspecified atom stereocenters. The van der Waals surface area contributed by atoms with Crippen LogP contribution in [-0.4, -0.2) is 34.0 Å². The van der Waals surface area contributed by atoms with Crippen molar-refractivity contribution in [3.8, 4) is 17.1 Å². The van der Waals surface area contributed by atoms with Gasteiger partial charge >= 0.3 is 0 Å². The van der Waals surface area contributed by atoms with E-state index in [4.69, 9.17) is 16.3 Å². The van der Waals surface area contributed by atoms with Crippen LogP contribution in [0.3, 0.4) is 0 Å². The number of hydrogen-bond donors (Lipinski definition) is 1. The third kappa shape index (κ3) is 2.29. The Morgan fingerprint density at radius 2 is 2.26 bits per heavy atom. The molecular weight excluding hydrogens is 271 g/mol. The van der Waals surface area contributed by atoms with E-state index < -0.39 is 5.82 Å². The molecule has 0 aliphatic carbocycles. The SMILES string of the molecule is Cn1ncc(Cl)c1-c1cc(OC2CNC2)c(F)cn1. The van der Waals surface area contributed by atoms with Crippen molar-refractivity contribution < 1.29 is 9.13 Å². The van der Waals surface area contributed by atoms with E-state index in [1.165, 1.54) is 6.20 Å². The fraction of sp³-hybridized carbons (Fsp3) is 0.333. The monoisotopic (exact) mass is 282 g/mol. The Morgan fingerprint density at radius 3 is 2.84 bits per heavy atom. The highest BCUT2D eigenvalue weighted by Gasteiger charge is 2.21. The molecule has 0 atom stereocenters. The minimum Gasteiger partial charge on any atom is -0.485 e. The smallest absolute Gasteiger partial charge is 0.183 e. The van der Waals surface area contributed by atoms with E-state index in [0.29, 0.717) is 16.4 Å². The van der Waals surface area contributed by atoms with E-state index in [9.17, 15) is 4.39 Å². The number of hydrogen-bond acceptors (Lipinski definition) is 4. The second kappa shape index (κ2) is 4.79. The molecule has 3 heterocycles. The first-order valence-corrected chi connectivity index (χ1v) is 6.23. The zero-order chi connectivity index (χ0) is 13.4. The minimum atomic E-state index is -0.478. The lowest BCUT2D eigenvalue weighted by molar-refractivity contribution is 0.136. The first-order chi connectivity index (χ1) is 9.15. The molecular formula is C12H12ClFN4O. The topological polar surface area (TPSA) is 52.0 Å². The van der Waals surface area contributed by atoms with Crippen molar-refractivity contribution in [3.05, 3.63) is 29.3 Å². The van der Waals surface area contributed by atoms with Crippen LogP contribution in [0.1, 0.15) is 0 Å². The van der Waals surface area contributed by atoms with Crippen LogP contribution in [0.15, 0.2) is 18.5 Å². The molecule has 1 fully saturated rings. The Labute approximate surface area is 114 Å². The van der Waals surface area contributed by atoms with E-state index in [1.807, 2.05) is 0 Å². The fourth-order valence-electron chi connectivity index (χ4n) is 1.86. The number of aromatic nitrogens is 3. The summed E-state index contributed by atoms with van der Waals surface area (Å²) >= 11 is 6.05. The Bertz CT molecular complexity index is 592. The molecule has 1 saturated heterocycles. The third-order valence-electron chi connectivity index (χ3n) is 2.99. The fourth-order valence-corrected chi connectivity index (χ4v) is 2.13. The van der Waals surface area contributed by atoms with Crippen molar-refractivity contribution in [1.82, 2.24) is 20.1 Å². The number of ether oxygens (including phenoxy) is 1. The summed E-state index contributed by atoms with van der Waals surface area (Å²) in [5, 5.41) is 7.57. The Morgan fingerprint density at radius 1 is 1.47 bits per heavy atom. The summed E-state index contributed by atoms with van der Waals surface area (Å²) in [6, 6.07) is 1.55. The Balaban J connectivity index is 1.96. The van der Waals surface area contributed by atoms with Gasteiger partial charge in [0.05, 0.1) is 23.1 Å². The summed E-state index contributed by atoms with van der Waals surface area (Å²) in [5.41, 5.74) is 1.17. The van der Waals surface area contributed by atoms with Gasteiger partial charge in [-0.2, -0.15) is 5.10 Å². The molecule has 7 heteroatoms. The average molecular weight is 283 g/mol. The number of pyridine rings is 1. The molecule has 0 amide bonds. The summed E-state index contributed by atoms with van der Waals surface area (Å²) in [6.07, 6.45) is 2.67. The number of rotatable bonds is 3. The van der Waals surface area contributed by atoms with Gasteiger partial charge in [-0.3, -0.25) is 9.67 Å². The molecule has 0 spiro atoms. The molecule has 0 radical (unpaired) electrons. The minimum absolute atomic E-state index is 0.00626.